The van der Waals surface area contributed by atoms with Crippen LogP contribution >= 0.6 is 19.6 Å². The first-order chi connectivity index (χ1) is 12.9. The molecule has 1 aromatic carbocycles. The van der Waals surface area contributed by atoms with Gasteiger partial charge < -0.3 is 4.74 Å². The van der Waals surface area contributed by atoms with Crippen molar-refractivity contribution in [2.24, 2.45) is 0 Å². The molecule has 0 aromatic heterocycles. The fourth-order valence-electron chi connectivity index (χ4n) is 1.77. The maximum Gasteiger partial charge on any atom is 0.474 e. The second-order valence-corrected chi connectivity index (χ2v) is 8.04. The minimum Gasteiger partial charge on any atom is -0.468 e. The molecule has 0 amide bonds. The van der Waals surface area contributed by atoms with Crippen LogP contribution in [-0.4, -0.2) is 38.0 Å². The van der Waals surface area contributed by atoms with Crippen molar-refractivity contribution in [3.63, 3.8) is 0 Å². The highest BCUT2D eigenvalue weighted by molar-refractivity contribution is 8.13. The molecule has 0 spiro atoms. The third kappa shape index (κ3) is 13.6. The van der Waals surface area contributed by atoms with Crippen LogP contribution in [0.1, 0.15) is 39.2 Å². The van der Waals surface area contributed by atoms with Crippen molar-refractivity contribution < 1.29 is 32.5 Å². The molecular weight excluding hydrogens is 391 g/mol. The number of carbonyl (C=O) groups excluding carboxylic acids is 2. The average Bonchev–Trinajstić information content (AvgIpc) is 2.61. The minimum absolute atomic E-state index is 0.138. The van der Waals surface area contributed by atoms with Gasteiger partial charge in [-0.05, 0) is 45.2 Å². The lowest BCUT2D eigenvalue weighted by Gasteiger charge is -2.15. The number of hydrogen-bond donors (Lipinski definition) is 0. The summed E-state index contributed by atoms with van der Waals surface area (Å²) in [4.78, 5) is 21.6. The highest BCUT2D eigenvalue weighted by Crippen LogP contribution is 2.49. The van der Waals surface area contributed by atoms with E-state index in [-0.39, 0.29) is 24.9 Å². The van der Waals surface area contributed by atoms with E-state index >= 15 is 0 Å². The molecule has 27 heavy (non-hydrogen) atoms. The van der Waals surface area contributed by atoms with Crippen molar-refractivity contribution in [2.45, 2.75) is 45.4 Å². The van der Waals surface area contributed by atoms with E-state index in [2.05, 4.69) is 4.74 Å². The molecule has 0 heterocycles. The van der Waals surface area contributed by atoms with Gasteiger partial charge in [-0.2, -0.15) is 0 Å². The molecule has 0 bridgehead atoms. The molecule has 0 unspecified atom stereocenters. The van der Waals surface area contributed by atoms with E-state index in [0.29, 0.717) is 25.9 Å². The molecule has 0 fully saturated rings. The van der Waals surface area contributed by atoms with Gasteiger partial charge in [0.05, 0.1) is 26.4 Å². The van der Waals surface area contributed by atoms with Gasteiger partial charge in [-0.15, -0.1) is 0 Å². The van der Waals surface area contributed by atoms with Gasteiger partial charge in [0.25, 0.3) is 6.47 Å². The van der Waals surface area contributed by atoms with E-state index in [9.17, 15) is 14.2 Å². The maximum absolute atomic E-state index is 11.7. The Hall–Kier alpha value is -1.18. The molecule has 0 aliphatic rings. The summed E-state index contributed by atoms with van der Waals surface area (Å²) in [7, 11) is -3.39. The van der Waals surface area contributed by atoms with E-state index in [1.807, 2.05) is 31.2 Å². The molecule has 0 atom stereocenters. The standard InChI is InChI=1S/C9H19O6P.C9H10OS/c1-3-13-16(11,14-4-2)15-8-6-5-7-12-9-10;1-7-5-3-4-6-9(7)11-8(2)10/h9H,3-8H2,1-2H3;3-6H,1-2H3. The number of rotatable bonds is 12. The zero-order valence-corrected chi connectivity index (χ0v) is 18.1. The van der Waals surface area contributed by atoms with Crippen molar-refractivity contribution in [2.75, 3.05) is 26.4 Å². The van der Waals surface area contributed by atoms with E-state index < -0.39 is 7.82 Å². The fourth-order valence-corrected chi connectivity index (χ4v) is 3.66. The Kier molecular flexibility index (Phi) is 15.1. The Labute approximate surface area is 165 Å². The van der Waals surface area contributed by atoms with Gasteiger partial charge in [0, 0.05) is 11.8 Å². The van der Waals surface area contributed by atoms with Gasteiger partial charge in [-0.3, -0.25) is 23.2 Å². The van der Waals surface area contributed by atoms with E-state index in [1.54, 1.807) is 20.8 Å². The number of hydrogen-bond acceptors (Lipinski definition) is 8. The third-order valence-corrected chi connectivity index (χ3v) is 5.51. The van der Waals surface area contributed by atoms with E-state index in [0.717, 1.165) is 10.5 Å². The van der Waals surface area contributed by atoms with Crippen molar-refractivity contribution in [3.05, 3.63) is 29.8 Å². The number of phosphoric ester groups is 1. The van der Waals surface area contributed by atoms with Crippen LogP contribution in [0.5, 0.6) is 0 Å². The Bertz CT molecular complexity index is 585. The van der Waals surface area contributed by atoms with Crippen LogP contribution in [-0.2, 0) is 32.5 Å². The minimum atomic E-state index is -3.39. The number of thioether (sulfide) groups is 1. The number of ether oxygens (including phenoxy) is 1. The molecule has 7 nitrogen and oxygen atoms in total. The second-order valence-electron chi connectivity index (χ2n) is 5.15. The van der Waals surface area contributed by atoms with Gasteiger partial charge in [-0.25, -0.2) is 4.57 Å². The highest BCUT2D eigenvalue weighted by Gasteiger charge is 2.24. The summed E-state index contributed by atoms with van der Waals surface area (Å²) in [5.41, 5.74) is 1.16. The van der Waals surface area contributed by atoms with Crippen LogP contribution in [0.25, 0.3) is 0 Å². The molecule has 1 rings (SSSR count). The van der Waals surface area contributed by atoms with E-state index in [1.165, 1.54) is 11.8 Å². The summed E-state index contributed by atoms with van der Waals surface area (Å²) < 4.78 is 31.1. The Morgan fingerprint density at radius 1 is 1.07 bits per heavy atom. The number of aryl methyl sites for hydroxylation is 1. The lowest BCUT2D eigenvalue weighted by atomic mass is 10.2. The number of unbranched alkanes of at least 4 members (excludes halogenated alkanes) is 1. The first-order valence-electron chi connectivity index (χ1n) is 8.71. The summed E-state index contributed by atoms with van der Waals surface area (Å²) in [5, 5.41) is 0.138. The van der Waals surface area contributed by atoms with Crippen LogP contribution in [0.2, 0.25) is 0 Å². The zero-order chi connectivity index (χ0) is 20.5. The van der Waals surface area contributed by atoms with Crippen molar-refractivity contribution >= 4 is 31.2 Å². The quantitative estimate of drug-likeness (QED) is 0.207. The molecule has 0 aliphatic carbocycles. The predicted octanol–water partition coefficient (Wildman–Crippen LogP) is 4.77. The molecular formula is C18H29O7PS. The van der Waals surface area contributed by atoms with Crippen LogP contribution in [0.15, 0.2) is 29.2 Å². The van der Waals surface area contributed by atoms with Crippen molar-refractivity contribution in [1.29, 1.82) is 0 Å². The third-order valence-electron chi connectivity index (χ3n) is 2.90. The normalized spacial score (nSPS) is 10.7. The van der Waals surface area contributed by atoms with Crippen molar-refractivity contribution in [1.82, 2.24) is 0 Å². The monoisotopic (exact) mass is 420 g/mol. The summed E-state index contributed by atoms with van der Waals surface area (Å²) in [6, 6.07) is 7.88. The van der Waals surface area contributed by atoms with Crippen LogP contribution in [0.3, 0.4) is 0 Å². The molecule has 154 valence electrons. The van der Waals surface area contributed by atoms with Gasteiger partial charge in [0.15, 0.2) is 5.12 Å². The number of phosphoric acid groups is 1. The summed E-state index contributed by atoms with van der Waals surface area (Å²) in [6.45, 7) is 8.53. The average molecular weight is 420 g/mol. The lowest BCUT2D eigenvalue weighted by Crippen LogP contribution is -2.02. The van der Waals surface area contributed by atoms with Gasteiger partial charge >= 0.3 is 7.82 Å². The summed E-state index contributed by atoms with van der Waals surface area (Å²) in [6.07, 6.45) is 1.27. The molecule has 1 aromatic rings. The SMILES string of the molecule is CC(=O)Sc1ccccc1C.CCOP(=O)(OCC)OCCCCOC=O. The van der Waals surface area contributed by atoms with Crippen LogP contribution in [0, 0.1) is 6.92 Å². The summed E-state index contributed by atoms with van der Waals surface area (Å²) in [5.74, 6) is 0. The Morgan fingerprint density at radius 3 is 2.19 bits per heavy atom. The first kappa shape index (κ1) is 25.8. The smallest absolute Gasteiger partial charge is 0.468 e. The van der Waals surface area contributed by atoms with Gasteiger partial charge in [-0.1, -0.05) is 30.0 Å². The van der Waals surface area contributed by atoms with Gasteiger partial charge in [0.1, 0.15) is 0 Å². The molecule has 0 aliphatic heterocycles. The van der Waals surface area contributed by atoms with Crippen LogP contribution < -0.4 is 0 Å². The molecule has 9 heteroatoms. The largest absolute Gasteiger partial charge is 0.474 e. The highest BCUT2D eigenvalue weighted by atomic mass is 32.2. The zero-order valence-electron chi connectivity index (χ0n) is 16.3. The fraction of sp³-hybridized carbons (Fsp3) is 0.556. The predicted molar refractivity (Wildman–Crippen MR) is 106 cm³/mol. The molecule has 0 saturated carbocycles. The van der Waals surface area contributed by atoms with E-state index in [4.69, 9.17) is 13.6 Å². The van der Waals surface area contributed by atoms with Gasteiger partial charge in [0.2, 0.25) is 0 Å². The topological polar surface area (TPSA) is 88.1 Å². The molecule has 0 radical (unpaired) electrons. The number of benzene rings is 1. The van der Waals surface area contributed by atoms with Crippen molar-refractivity contribution in [3.8, 4) is 0 Å². The Morgan fingerprint density at radius 2 is 1.67 bits per heavy atom. The summed E-state index contributed by atoms with van der Waals surface area (Å²) >= 11 is 1.29. The maximum atomic E-state index is 11.7. The first-order valence-corrected chi connectivity index (χ1v) is 11.0. The number of carbonyl (C=O) groups is 2. The molecule has 0 saturated heterocycles. The second kappa shape index (κ2) is 15.8. The molecule has 0 N–H and O–H groups in total. The van der Waals surface area contributed by atoms with Crippen LogP contribution in [0.4, 0.5) is 0 Å². The lowest BCUT2D eigenvalue weighted by molar-refractivity contribution is -0.128. The Balaban J connectivity index is 0.000000533.